The number of carbonyl (C=O) groups excluding carboxylic acids is 1. The Balaban J connectivity index is 1.71. The molecule has 144 valence electrons. The number of pyridine rings is 1. The van der Waals surface area contributed by atoms with Gasteiger partial charge in [-0.3, -0.25) is 4.79 Å². The summed E-state index contributed by atoms with van der Waals surface area (Å²) in [6.45, 7) is 0.342. The number of alkyl halides is 3. The molecule has 28 heavy (non-hydrogen) atoms. The van der Waals surface area contributed by atoms with Crippen molar-refractivity contribution < 1.29 is 22.7 Å². The van der Waals surface area contributed by atoms with Crippen LogP contribution in [0.4, 0.5) is 18.9 Å². The first-order valence-corrected chi connectivity index (χ1v) is 8.27. The molecule has 1 aromatic heterocycles. The first-order valence-electron chi connectivity index (χ1n) is 8.27. The maximum atomic E-state index is 12.6. The molecule has 0 radical (unpaired) electrons. The minimum Gasteiger partial charge on any atom is -0.439 e. The second-order valence-corrected chi connectivity index (χ2v) is 5.87. The summed E-state index contributed by atoms with van der Waals surface area (Å²) >= 11 is 0. The van der Waals surface area contributed by atoms with Crippen LogP contribution in [0.2, 0.25) is 0 Å². The number of nitrogens with two attached hydrogens (primary N) is 1. The van der Waals surface area contributed by atoms with Gasteiger partial charge < -0.3 is 15.8 Å². The van der Waals surface area contributed by atoms with Crippen LogP contribution in [0.3, 0.4) is 0 Å². The number of rotatable bonds is 5. The maximum absolute atomic E-state index is 12.6. The van der Waals surface area contributed by atoms with Crippen molar-refractivity contribution in [3.05, 3.63) is 83.6 Å². The van der Waals surface area contributed by atoms with Gasteiger partial charge in [0.2, 0.25) is 5.88 Å². The Bertz CT molecular complexity index is 973. The van der Waals surface area contributed by atoms with E-state index < -0.39 is 17.6 Å². The van der Waals surface area contributed by atoms with E-state index in [-0.39, 0.29) is 11.3 Å². The molecule has 0 bridgehead atoms. The van der Waals surface area contributed by atoms with Crippen molar-refractivity contribution in [2.75, 3.05) is 5.32 Å². The zero-order chi connectivity index (χ0) is 20.1. The summed E-state index contributed by atoms with van der Waals surface area (Å²) in [5.41, 5.74) is 6.18. The lowest BCUT2D eigenvalue weighted by atomic mass is 10.1. The van der Waals surface area contributed by atoms with E-state index in [4.69, 9.17) is 10.5 Å². The second kappa shape index (κ2) is 8.10. The van der Waals surface area contributed by atoms with Crippen LogP contribution in [0.1, 0.15) is 21.5 Å². The van der Waals surface area contributed by atoms with Gasteiger partial charge in [-0.05, 0) is 54.1 Å². The summed E-state index contributed by atoms with van der Waals surface area (Å²) in [6, 6.07) is 14.0. The molecule has 0 atom stereocenters. The molecule has 0 aliphatic rings. The van der Waals surface area contributed by atoms with Crippen molar-refractivity contribution in [3.63, 3.8) is 0 Å². The quantitative estimate of drug-likeness (QED) is 0.671. The van der Waals surface area contributed by atoms with Crippen molar-refractivity contribution in [3.8, 4) is 11.6 Å². The molecular formula is C20H16F3N3O2. The molecular weight excluding hydrogens is 371 g/mol. The zero-order valence-electron chi connectivity index (χ0n) is 14.5. The number of nitrogens with one attached hydrogen (secondary N) is 1. The first-order chi connectivity index (χ1) is 13.3. The predicted octanol–water partition coefficient (Wildman–Crippen LogP) is 4.60. The number of halogens is 3. The van der Waals surface area contributed by atoms with Crippen LogP contribution in [0, 0.1) is 0 Å². The van der Waals surface area contributed by atoms with Gasteiger partial charge in [-0.25, -0.2) is 4.98 Å². The van der Waals surface area contributed by atoms with E-state index in [0.29, 0.717) is 18.2 Å². The van der Waals surface area contributed by atoms with E-state index >= 15 is 0 Å². The van der Waals surface area contributed by atoms with E-state index in [1.165, 1.54) is 18.2 Å². The Morgan fingerprint density at radius 2 is 1.82 bits per heavy atom. The molecule has 3 N–H and O–H groups in total. The smallest absolute Gasteiger partial charge is 0.416 e. The van der Waals surface area contributed by atoms with Gasteiger partial charge in [-0.2, -0.15) is 13.2 Å². The number of benzene rings is 2. The number of anilines is 1. The fourth-order valence-corrected chi connectivity index (χ4v) is 2.40. The fraction of sp³-hybridized carbons (Fsp3) is 0.100. The number of carbonyl (C=O) groups is 1. The standard InChI is InChI=1S/C20H16F3N3O2/c21-20(22,23)15-4-6-16(7-5-15)26-19(27)14-2-1-3-17(11-14)28-18-10-13(12-24)8-9-25-18/h1-11H,12,24H2,(H,26,27). The van der Waals surface area contributed by atoms with Gasteiger partial charge in [0.05, 0.1) is 5.56 Å². The van der Waals surface area contributed by atoms with Crippen molar-refractivity contribution in [2.45, 2.75) is 12.7 Å². The molecule has 0 fully saturated rings. The molecule has 0 aliphatic heterocycles. The van der Waals surface area contributed by atoms with Crippen LogP contribution in [0.5, 0.6) is 11.6 Å². The van der Waals surface area contributed by atoms with Gasteiger partial charge in [0, 0.05) is 30.1 Å². The molecule has 0 saturated heterocycles. The van der Waals surface area contributed by atoms with Crippen LogP contribution < -0.4 is 15.8 Å². The van der Waals surface area contributed by atoms with Crippen molar-refractivity contribution >= 4 is 11.6 Å². The van der Waals surface area contributed by atoms with Gasteiger partial charge in [0.1, 0.15) is 5.75 Å². The lowest BCUT2D eigenvalue weighted by Gasteiger charge is -2.10. The summed E-state index contributed by atoms with van der Waals surface area (Å²) in [5, 5.41) is 2.55. The third kappa shape index (κ3) is 4.86. The molecule has 8 heteroatoms. The SMILES string of the molecule is NCc1ccnc(Oc2cccc(C(=O)Nc3ccc(C(F)(F)F)cc3)c2)c1. The Morgan fingerprint density at radius 3 is 2.50 bits per heavy atom. The van der Waals surface area contributed by atoms with E-state index in [0.717, 1.165) is 17.7 Å². The summed E-state index contributed by atoms with van der Waals surface area (Å²) in [4.78, 5) is 16.5. The summed E-state index contributed by atoms with van der Waals surface area (Å²) in [5.74, 6) is 0.249. The number of aromatic nitrogens is 1. The van der Waals surface area contributed by atoms with Crippen LogP contribution in [-0.4, -0.2) is 10.9 Å². The molecule has 2 aromatic carbocycles. The molecule has 0 saturated carbocycles. The summed E-state index contributed by atoms with van der Waals surface area (Å²) < 4.78 is 43.5. The highest BCUT2D eigenvalue weighted by Gasteiger charge is 2.30. The highest BCUT2D eigenvalue weighted by Crippen LogP contribution is 2.30. The normalized spacial score (nSPS) is 11.1. The molecule has 0 unspecified atom stereocenters. The Morgan fingerprint density at radius 1 is 1.07 bits per heavy atom. The average molecular weight is 387 g/mol. The average Bonchev–Trinajstić information content (AvgIpc) is 2.68. The summed E-state index contributed by atoms with van der Waals surface area (Å²) in [7, 11) is 0. The zero-order valence-corrected chi connectivity index (χ0v) is 14.5. The van der Waals surface area contributed by atoms with Gasteiger partial charge in [0.15, 0.2) is 0 Å². The topological polar surface area (TPSA) is 77.2 Å². The van der Waals surface area contributed by atoms with Crippen molar-refractivity contribution in [1.29, 1.82) is 0 Å². The third-order valence-electron chi connectivity index (χ3n) is 3.82. The number of nitrogens with zero attached hydrogens (tertiary/aromatic N) is 1. The number of ether oxygens (including phenoxy) is 1. The van der Waals surface area contributed by atoms with Crippen molar-refractivity contribution in [2.24, 2.45) is 5.73 Å². The van der Waals surface area contributed by atoms with Gasteiger partial charge in [-0.15, -0.1) is 0 Å². The maximum Gasteiger partial charge on any atom is 0.416 e. The predicted molar refractivity (Wildman–Crippen MR) is 98.0 cm³/mol. The minimum absolute atomic E-state index is 0.252. The first kappa shape index (κ1) is 19.4. The van der Waals surface area contributed by atoms with E-state index in [1.54, 1.807) is 36.5 Å². The van der Waals surface area contributed by atoms with Crippen LogP contribution in [-0.2, 0) is 12.7 Å². The highest BCUT2D eigenvalue weighted by molar-refractivity contribution is 6.04. The monoisotopic (exact) mass is 387 g/mol. The van der Waals surface area contributed by atoms with E-state index in [1.807, 2.05) is 0 Å². The van der Waals surface area contributed by atoms with E-state index in [2.05, 4.69) is 10.3 Å². The fourth-order valence-electron chi connectivity index (χ4n) is 2.40. The Kier molecular flexibility index (Phi) is 5.60. The molecule has 1 heterocycles. The molecule has 0 spiro atoms. The largest absolute Gasteiger partial charge is 0.439 e. The lowest BCUT2D eigenvalue weighted by Crippen LogP contribution is -2.12. The highest BCUT2D eigenvalue weighted by atomic mass is 19.4. The minimum atomic E-state index is -4.43. The summed E-state index contributed by atoms with van der Waals surface area (Å²) in [6.07, 6.45) is -2.86. The number of hydrogen-bond donors (Lipinski definition) is 2. The molecule has 1 amide bonds. The van der Waals surface area contributed by atoms with Crippen molar-refractivity contribution in [1.82, 2.24) is 4.98 Å². The van der Waals surface area contributed by atoms with E-state index in [9.17, 15) is 18.0 Å². The molecule has 5 nitrogen and oxygen atoms in total. The van der Waals surface area contributed by atoms with Crippen LogP contribution >= 0.6 is 0 Å². The molecule has 0 aliphatic carbocycles. The third-order valence-corrected chi connectivity index (χ3v) is 3.82. The molecule has 3 aromatic rings. The van der Waals surface area contributed by atoms with Crippen LogP contribution in [0.25, 0.3) is 0 Å². The number of hydrogen-bond acceptors (Lipinski definition) is 4. The Hall–Kier alpha value is -3.39. The van der Waals surface area contributed by atoms with Crippen LogP contribution in [0.15, 0.2) is 66.9 Å². The molecule has 3 rings (SSSR count). The van der Waals surface area contributed by atoms with Gasteiger partial charge in [0.25, 0.3) is 5.91 Å². The second-order valence-electron chi connectivity index (χ2n) is 5.87. The Labute approximate surface area is 159 Å². The lowest BCUT2D eigenvalue weighted by molar-refractivity contribution is -0.137. The van der Waals surface area contributed by atoms with Gasteiger partial charge in [-0.1, -0.05) is 6.07 Å². The van der Waals surface area contributed by atoms with Gasteiger partial charge >= 0.3 is 6.18 Å². The number of amides is 1.